The van der Waals surface area contributed by atoms with Crippen molar-refractivity contribution in [1.29, 1.82) is 0 Å². The van der Waals surface area contributed by atoms with E-state index >= 15 is 4.39 Å². The summed E-state index contributed by atoms with van der Waals surface area (Å²) in [6.07, 6.45) is 3.23. The second-order valence-corrected chi connectivity index (χ2v) is 6.66. The number of fused-ring (bicyclic) bond motifs is 1. The molecule has 0 saturated carbocycles. The Balaban J connectivity index is 1.86. The van der Waals surface area contributed by atoms with Crippen LogP contribution < -0.4 is 4.90 Å². The van der Waals surface area contributed by atoms with Gasteiger partial charge in [0.25, 0.3) is 0 Å². The van der Waals surface area contributed by atoms with Crippen LogP contribution in [0.2, 0.25) is 0 Å². The molecule has 6 nitrogen and oxygen atoms in total. The van der Waals surface area contributed by atoms with Crippen molar-refractivity contribution >= 4 is 16.7 Å². The second kappa shape index (κ2) is 6.66. The molecule has 136 valence electrons. The maximum absolute atomic E-state index is 15.3. The van der Waals surface area contributed by atoms with E-state index in [9.17, 15) is 5.11 Å². The van der Waals surface area contributed by atoms with Gasteiger partial charge in [0, 0.05) is 36.6 Å². The maximum Gasteiger partial charge on any atom is 0.205 e. The molecule has 0 aliphatic carbocycles. The van der Waals surface area contributed by atoms with Gasteiger partial charge in [-0.05, 0) is 32.0 Å². The number of morpholine rings is 1. The minimum atomic E-state index is -0.499. The van der Waals surface area contributed by atoms with Crippen molar-refractivity contribution in [3.8, 4) is 11.3 Å². The van der Waals surface area contributed by atoms with Gasteiger partial charge in [0.05, 0.1) is 29.9 Å². The van der Waals surface area contributed by atoms with Crippen LogP contribution in [0.3, 0.4) is 0 Å². The van der Waals surface area contributed by atoms with Gasteiger partial charge >= 0.3 is 0 Å². The molecule has 7 heteroatoms. The Labute approximate surface area is 150 Å². The van der Waals surface area contributed by atoms with Crippen molar-refractivity contribution < 1.29 is 18.8 Å². The van der Waals surface area contributed by atoms with Gasteiger partial charge in [0.15, 0.2) is 5.82 Å². The molecule has 2 atom stereocenters. The summed E-state index contributed by atoms with van der Waals surface area (Å²) in [5.74, 6) is -0.499. The minimum Gasteiger partial charge on any atom is -0.392 e. The van der Waals surface area contributed by atoms with E-state index in [1.165, 1.54) is 0 Å². The number of aliphatic hydroxyl groups excluding tert-OH is 1. The van der Waals surface area contributed by atoms with Crippen LogP contribution in [0.1, 0.15) is 19.4 Å². The Hall–Kier alpha value is -2.51. The van der Waals surface area contributed by atoms with Gasteiger partial charge in [-0.15, -0.1) is 0 Å². The highest BCUT2D eigenvalue weighted by Gasteiger charge is 2.29. The molecule has 1 saturated heterocycles. The highest BCUT2D eigenvalue weighted by atomic mass is 19.1. The summed E-state index contributed by atoms with van der Waals surface area (Å²) in [5, 5.41) is 14.5. The summed E-state index contributed by atoms with van der Waals surface area (Å²) in [7, 11) is 0. The van der Waals surface area contributed by atoms with Crippen LogP contribution >= 0.6 is 0 Å². The monoisotopic (exact) mass is 357 g/mol. The van der Waals surface area contributed by atoms with Crippen molar-refractivity contribution in [2.24, 2.45) is 0 Å². The predicted octanol–water partition coefficient (Wildman–Crippen LogP) is 3.13. The molecule has 1 fully saturated rings. The quantitative estimate of drug-likeness (QED) is 0.776. The molecule has 0 spiro atoms. The molecule has 3 aromatic rings. The molecule has 2 unspecified atom stereocenters. The topological polar surface area (TPSA) is 71.6 Å². The van der Waals surface area contributed by atoms with Crippen molar-refractivity contribution in [3.05, 3.63) is 42.0 Å². The number of aromatic nitrogens is 2. The first kappa shape index (κ1) is 16.9. The number of pyridine rings is 1. The van der Waals surface area contributed by atoms with E-state index < -0.39 is 5.82 Å². The standard InChI is InChI=1S/C19H20FN3O3/c1-11-8-23(9-12(2)25-11)18-14(10-24)7-15-17(13-3-5-21-6-4-13)22-26-19(15)16(18)20/h3-7,11-12,24H,8-10H2,1-2H3. The third kappa shape index (κ3) is 2.83. The Morgan fingerprint density at radius 1 is 1.23 bits per heavy atom. The second-order valence-electron chi connectivity index (χ2n) is 6.66. The van der Waals surface area contributed by atoms with E-state index in [-0.39, 0.29) is 24.4 Å². The average molecular weight is 357 g/mol. The van der Waals surface area contributed by atoms with E-state index in [2.05, 4.69) is 10.1 Å². The van der Waals surface area contributed by atoms with Crippen LogP contribution in [0.15, 0.2) is 35.1 Å². The Morgan fingerprint density at radius 3 is 2.58 bits per heavy atom. The van der Waals surface area contributed by atoms with E-state index in [0.717, 1.165) is 5.56 Å². The van der Waals surface area contributed by atoms with Crippen LogP contribution in [-0.2, 0) is 11.3 Å². The van der Waals surface area contributed by atoms with E-state index in [4.69, 9.17) is 9.26 Å². The van der Waals surface area contributed by atoms with Gasteiger partial charge in [-0.25, -0.2) is 4.39 Å². The number of benzene rings is 1. The fourth-order valence-corrected chi connectivity index (χ4v) is 3.62. The van der Waals surface area contributed by atoms with Gasteiger partial charge in [0.2, 0.25) is 5.58 Å². The number of ether oxygens (including phenoxy) is 1. The Bertz CT molecular complexity index is 919. The molecule has 26 heavy (non-hydrogen) atoms. The summed E-state index contributed by atoms with van der Waals surface area (Å²) in [4.78, 5) is 5.90. The Kier molecular flexibility index (Phi) is 4.34. The number of halogens is 1. The van der Waals surface area contributed by atoms with Crippen molar-refractivity contribution in [3.63, 3.8) is 0 Å². The SMILES string of the molecule is CC1CN(c2c(CO)cc3c(-c4ccncc4)noc3c2F)CC(C)O1. The first-order chi connectivity index (χ1) is 12.6. The summed E-state index contributed by atoms with van der Waals surface area (Å²) < 4.78 is 26.4. The number of rotatable bonds is 3. The summed E-state index contributed by atoms with van der Waals surface area (Å²) in [6.45, 7) is 4.72. The van der Waals surface area contributed by atoms with Crippen LogP contribution in [-0.4, -0.2) is 40.5 Å². The van der Waals surface area contributed by atoms with Gasteiger partial charge < -0.3 is 19.3 Å². The van der Waals surface area contributed by atoms with E-state index in [1.807, 2.05) is 18.7 Å². The lowest BCUT2D eigenvalue weighted by Gasteiger charge is -2.37. The molecule has 0 amide bonds. The Morgan fingerprint density at radius 2 is 1.92 bits per heavy atom. The average Bonchev–Trinajstić information content (AvgIpc) is 3.05. The molecular formula is C19H20FN3O3. The zero-order valence-corrected chi connectivity index (χ0v) is 14.6. The largest absolute Gasteiger partial charge is 0.392 e. The molecule has 0 radical (unpaired) electrons. The molecule has 0 bridgehead atoms. The number of hydrogen-bond donors (Lipinski definition) is 1. The molecular weight excluding hydrogens is 337 g/mol. The van der Waals surface area contributed by atoms with Crippen molar-refractivity contribution in [1.82, 2.24) is 10.1 Å². The molecule has 1 aliphatic rings. The van der Waals surface area contributed by atoms with Crippen LogP contribution in [0.5, 0.6) is 0 Å². The lowest BCUT2D eigenvalue weighted by Crippen LogP contribution is -2.46. The number of aliphatic hydroxyl groups is 1. The van der Waals surface area contributed by atoms with E-state index in [1.54, 1.807) is 30.6 Å². The predicted molar refractivity (Wildman–Crippen MR) is 95.3 cm³/mol. The van der Waals surface area contributed by atoms with E-state index in [0.29, 0.717) is 35.4 Å². The van der Waals surface area contributed by atoms with Gasteiger partial charge in [0.1, 0.15) is 5.69 Å². The smallest absolute Gasteiger partial charge is 0.205 e. The number of anilines is 1. The normalized spacial score (nSPS) is 20.7. The van der Waals surface area contributed by atoms with Gasteiger partial charge in [-0.2, -0.15) is 0 Å². The maximum atomic E-state index is 15.3. The highest BCUT2D eigenvalue weighted by molar-refractivity contribution is 5.94. The summed E-state index contributed by atoms with van der Waals surface area (Å²) >= 11 is 0. The zero-order valence-electron chi connectivity index (χ0n) is 14.6. The third-order valence-electron chi connectivity index (χ3n) is 4.62. The molecule has 4 rings (SSSR count). The van der Waals surface area contributed by atoms with Gasteiger partial charge in [-0.3, -0.25) is 4.98 Å². The lowest BCUT2D eigenvalue weighted by atomic mass is 10.0. The molecule has 1 N–H and O–H groups in total. The fraction of sp³-hybridized carbons (Fsp3) is 0.368. The van der Waals surface area contributed by atoms with Gasteiger partial charge in [-0.1, -0.05) is 5.16 Å². The molecule has 3 heterocycles. The van der Waals surface area contributed by atoms with Crippen LogP contribution in [0, 0.1) is 5.82 Å². The molecule has 2 aromatic heterocycles. The zero-order chi connectivity index (χ0) is 18.3. The lowest BCUT2D eigenvalue weighted by molar-refractivity contribution is -0.00549. The van der Waals surface area contributed by atoms with Crippen LogP contribution in [0.25, 0.3) is 22.2 Å². The molecule has 1 aromatic carbocycles. The van der Waals surface area contributed by atoms with Crippen molar-refractivity contribution in [2.45, 2.75) is 32.7 Å². The first-order valence-corrected chi connectivity index (χ1v) is 8.61. The number of nitrogens with zero attached hydrogens (tertiary/aromatic N) is 3. The first-order valence-electron chi connectivity index (χ1n) is 8.61. The van der Waals surface area contributed by atoms with Crippen LogP contribution in [0.4, 0.5) is 10.1 Å². The van der Waals surface area contributed by atoms with Crippen molar-refractivity contribution in [2.75, 3.05) is 18.0 Å². The highest BCUT2D eigenvalue weighted by Crippen LogP contribution is 2.37. The molecule has 1 aliphatic heterocycles. The number of hydrogen-bond acceptors (Lipinski definition) is 6. The third-order valence-corrected chi connectivity index (χ3v) is 4.62. The summed E-state index contributed by atoms with van der Waals surface area (Å²) in [6, 6.07) is 5.32. The fourth-order valence-electron chi connectivity index (χ4n) is 3.62. The summed E-state index contributed by atoms with van der Waals surface area (Å²) in [5.41, 5.74) is 2.28. The minimum absolute atomic E-state index is 0.0255.